The number of nitrogens with zero attached hydrogens (tertiary/aromatic N) is 4. The van der Waals surface area contributed by atoms with E-state index in [1.807, 2.05) is 38.1 Å². The van der Waals surface area contributed by atoms with E-state index in [-0.39, 0.29) is 23.8 Å². The Morgan fingerprint density at radius 1 is 1.17 bits per heavy atom. The molecule has 1 unspecified atom stereocenters. The summed E-state index contributed by atoms with van der Waals surface area (Å²) in [4.78, 5) is 28.5. The van der Waals surface area contributed by atoms with Gasteiger partial charge in [-0.05, 0) is 67.6 Å². The first-order valence-electron chi connectivity index (χ1n) is 12.7. The van der Waals surface area contributed by atoms with Gasteiger partial charge in [-0.15, -0.1) is 5.10 Å². The number of aromatic nitrogens is 3. The summed E-state index contributed by atoms with van der Waals surface area (Å²) in [5.74, 6) is 0.702. The third kappa shape index (κ3) is 6.52. The van der Waals surface area contributed by atoms with E-state index in [1.54, 1.807) is 31.4 Å². The molecule has 2 heterocycles. The molecule has 1 aromatic heterocycles. The number of likely N-dealkylation sites (tertiary alicyclic amines) is 1. The molecule has 0 saturated carbocycles. The van der Waals surface area contributed by atoms with Crippen LogP contribution in [-0.4, -0.2) is 57.9 Å². The van der Waals surface area contributed by atoms with Gasteiger partial charge in [0.25, 0.3) is 0 Å². The lowest BCUT2D eigenvalue weighted by molar-refractivity contribution is -0.119. The van der Waals surface area contributed by atoms with Gasteiger partial charge in [0.2, 0.25) is 0 Å². The van der Waals surface area contributed by atoms with Crippen LogP contribution in [0.3, 0.4) is 0 Å². The Kier molecular flexibility index (Phi) is 8.77. The largest absolute Gasteiger partial charge is 0.380 e. The van der Waals surface area contributed by atoms with Crippen molar-refractivity contribution in [3.05, 3.63) is 75.4 Å². The van der Waals surface area contributed by atoms with Crippen molar-refractivity contribution in [3.8, 4) is 11.4 Å². The number of rotatable bonds is 10. The maximum absolute atomic E-state index is 13.5. The first-order valence-corrected chi connectivity index (χ1v) is 13.0. The van der Waals surface area contributed by atoms with E-state index < -0.39 is 0 Å². The number of benzene rings is 2. The Labute approximate surface area is 217 Å². The SMILES string of the molecule is COC1CCCN(CCc2ccc(-n3nc(CC(=O)CC(C)C)n(-c4cccc(Cl)c4)c3=O)cc2)C1. The van der Waals surface area contributed by atoms with Crippen LogP contribution in [0, 0.1) is 5.92 Å². The highest BCUT2D eigenvalue weighted by Crippen LogP contribution is 2.18. The lowest BCUT2D eigenvalue weighted by atomic mass is 10.1. The quantitative estimate of drug-likeness (QED) is 0.402. The molecule has 192 valence electrons. The standard InChI is InChI=1S/C28H35ClN4O3/c1-20(2)16-25(34)18-27-30-33(28(35)32(27)24-7-4-6-22(29)17-24)23-11-9-21(10-12-23)13-15-31-14-5-8-26(19-31)36-3/h4,6-7,9-12,17,20,26H,5,8,13-16,18-19H2,1-3H3. The predicted octanol–water partition coefficient (Wildman–Crippen LogP) is 4.49. The number of halogens is 1. The normalized spacial score (nSPS) is 16.5. The molecule has 1 fully saturated rings. The number of hydrogen-bond acceptors (Lipinski definition) is 5. The minimum absolute atomic E-state index is 0.0502. The third-order valence-corrected chi connectivity index (χ3v) is 6.83. The Morgan fingerprint density at radius 2 is 1.94 bits per heavy atom. The first kappa shape index (κ1) is 26.3. The van der Waals surface area contributed by atoms with Crippen molar-refractivity contribution < 1.29 is 9.53 Å². The van der Waals surface area contributed by atoms with Crippen LogP contribution in [0.5, 0.6) is 0 Å². The lowest BCUT2D eigenvalue weighted by Crippen LogP contribution is -2.40. The summed E-state index contributed by atoms with van der Waals surface area (Å²) in [6.07, 6.45) is 4.07. The number of Topliss-reactive ketones (excluding diaryl/α,β-unsaturated/α-hetero) is 1. The second kappa shape index (κ2) is 12.0. The van der Waals surface area contributed by atoms with Crippen LogP contribution >= 0.6 is 11.6 Å². The maximum atomic E-state index is 13.5. The van der Waals surface area contributed by atoms with Crippen molar-refractivity contribution in [1.29, 1.82) is 0 Å². The number of ketones is 1. The van der Waals surface area contributed by atoms with Crippen molar-refractivity contribution in [3.63, 3.8) is 0 Å². The van der Waals surface area contributed by atoms with Crippen molar-refractivity contribution in [1.82, 2.24) is 19.2 Å². The molecule has 0 aliphatic carbocycles. The molecule has 36 heavy (non-hydrogen) atoms. The number of piperidine rings is 1. The summed E-state index contributed by atoms with van der Waals surface area (Å²) in [6, 6.07) is 15.0. The highest BCUT2D eigenvalue weighted by atomic mass is 35.5. The van der Waals surface area contributed by atoms with E-state index in [4.69, 9.17) is 16.3 Å². The van der Waals surface area contributed by atoms with Crippen molar-refractivity contribution in [2.75, 3.05) is 26.7 Å². The van der Waals surface area contributed by atoms with Gasteiger partial charge >= 0.3 is 5.69 Å². The summed E-state index contributed by atoms with van der Waals surface area (Å²) in [6.45, 7) is 7.06. The van der Waals surface area contributed by atoms with Crippen LogP contribution < -0.4 is 5.69 Å². The average molecular weight is 511 g/mol. The molecule has 0 N–H and O–H groups in total. The van der Waals surface area contributed by atoms with Crippen LogP contribution in [0.2, 0.25) is 5.02 Å². The van der Waals surface area contributed by atoms with Gasteiger partial charge in [-0.3, -0.25) is 4.79 Å². The molecule has 0 spiro atoms. The van der Waals surface area contributed by atoms with Gasteiger partial charge in [-0.25, -0.2) is 9.36 Å². The third-order valence-electron chi connectivity index (χ3n) is 6.60. The van der Waals surface area contributed by atoms with Gasteiger partial charge in [0.1, 0.15) is 11.6 Å². The van der Waals surface area contributed by atoms with Crippen LogP contribution in [0.25, 0.3) is 11.4 Å². The van der Waals surface area contributed by atoms with E-state index >= 15 is 0 Å². The molecule has 4 rings (SSSR count). The molecule has 2 aromatic carbocycles. The second-order valence-corrected chi connectivity index (χ2v) is 10.4. The van der Waals surface area contributed by atoms with Gasteiger partial charge in [0.05, 0.1) is 23.9 Å². The van der Waals surface area contributed by atoms with Crippen LogP contribution in [0.4, 0.5) is 0 Å². The average Bonchev–Trinajstić information content (AvgIpc) is 3.18. The fourth-order valence-corrected chi connectivity index (χ4v) is 4.95. The molecule has 0 radical (unpaired) electrons. The second-order valence-electron chi connectivity index (χ2n) is 9.96. The maximum Gasteiger partial charge on any atom is 0.355 e. The topological polar surface area (TPSA) is 69.4 Å². The monoisotopic (exact) mass is 510 g/mol. The first-order chi connectivity index (χ1) is 17.3. The van der Waals surface area contributed by atoms with E-state index in [0.717, 1.165) is 38.9 Å². The van der Waals surface area contributed by atoms with Gasteiger partial charge in [0.15, 0.2) is 0 Å². The fraction of sp³-hybridized carbons (Fsp3) is 0.464. The Morgan fingerprint density at radius 3 is 2.64 bits per heavy atom. The molecule has 3 aromatic rings. The number of carbonyl (C=O) groups excluding carboxylic acids is 1. The molecule has 7 nitrogen and oxygen atoms in total. The zero-order chi connectivity index (χ0) is 25.7. The molecular weight excluding hydrogens is 476 g/mol. The van der Waals surface area contributed by atoms with Gasteiger partial charge in [-0.2, -0.15) is 4.68 Å². The summed E-state index contributed by atoms with van der Waals surface area (Å²) in [5, 5.41) is 5.10. The molecular formula is C28H35ClN4O3. The molecule has 8 heteroatoms. The zero-order valence-corrected chi connectivity index (χ0v) is 22.1. The molecule has 1 aliphatic rings. The number of carbonyl (C=O) groups is 1. The minimum Gasteiger partial charge on any atom is -0.380 e. The fourth-order valence-electron chi connectivity index (χ4n) is 4.77. The van der Waals surface area contributed by atoms with Crippen LogP contribution in [-0.2, 0) is 22.4 Å². The summed E-state index contributed by atoms with van der Waals surface area (Å²) in [7, 11) is 1.79. The Balaban J connectivity index is 1.56. The molecule has 1 atom stereocenters. The summed E-state index contributed by atoms with van der Waals surface area (Å²) >= 11 is 6.20. The van der Waals surface area contributed by atoms with E-state index in [0.29, 0.717) is 34.7 Å². The zero-order valence-electron chi connectivity index (χ0n) is 21.3. The molecule has 0 amide bonds. The highest BCUT2D eigenvalue weighted by molar-refractivity contribution is 6.30. The lowest BCUT2D eigenvalue weighted by Gasteiger charge is -2.31. The molecule has 1 saturated heterocycles. The van der Waals surface area contributed by atoms with E-state index in [1.165, 1.54) is 14.8 Å². The minimum atomic E-state index is -0.323. The van der Waals surface area contributed by atoms with Crippen LogP contribution in [0.1, 0.15) is 44.5 Å². The number of ether oxygens (including phenoxy) is 1. The number of methoxy groups -OCH3 is 1. The van der Waals surface area contributed by atoms with Crippen molar-refractivity contribution in [2.45, 2.75) is 52.1 Å². The van der Waals surface area contributed by atoms with Crippen molar-refractivity contribution in [2.24, 2.45) is 5.92 Å². The molecule has 1 aliphatic heterocycles. The van der Waals surface area contributed by atoms with E-state index in [9.17, 15) is 9.59 Å². The van der Waals surface area contributed by atoms with E-state index in [2.05, 4.69) is 10.00 Å². The number of hydrogen-bond donors (Lipinski definition) is 0. The van der Waals surface area contributed by atoms with Crippen molar-refractivity contribution >= 4 is 17.4 Å². The van der Waals surface area contributed by atoms with Gasteiger partial charge in [0, 0.05) is 31.6 Å². The predicted molar refractivity (Wildman–Crippen MR) is 143 cm³/mol. The van der Waals surface area contributed by atoms with Crippen LogP contribution in [0.15, 0.2) is 53.3 Å². The summed E-state index contributed by atoms with van der Waals surface area (Å²) < 4.78 is 8.39. The Hall–Kier alpha value is -2.74. The summed E-state index contributed by atoms with van der Waals surface area (Å²) in [5.41, 5.74) is 2.14. The smallest absolute Gasteiger partial charge is 0.355 e. The van der Waals surface area contributed by atoms with Gasteiger partial charge in [-0.1, -0.05) is 43.6 Å². The Bertz CT molecular complexity index is 1230. The molecule has 0 bridgehead atoms. The highest BCUT2D eigenvalue weighted by Gasteiger charge is 2.21. The van der Waals surface area contributed by atoms with Gasteiger partial charge < -0.3 is 9.64 Å².